The average molecular weight is 289 g/mol. The van der Waals surface area contributed by atoms with Crippen LogP contribution in [-0.4, -0.2) is 41.8 Å². The van der Waals surface area contributed by atoms with Gasteiger partial charge in [0, 0.05) is 22.8 Å². The fourth-order valence-corrected chi connectivity index (χ4v) is 4.68. The maximum atomic E-state index is 12.7. The molecule has 1 nitrogen and oxygen atoms in total. The zero-order valence-corrected chi connectivity index (χ0v) is 13.4. The van der Waals surface area contributed by atoms with E-state index in [2.05, 4.69) is 25.5 Å². The highest BCUT2D eigenvalue weighted by atomic mass is 32.2. The molecule has 0 heterocycles. The largest absolute Gasteiger partial charge is 0.293 e. The fourth-order valence-electron chi connectivity index (χ4n) is 2.11. The Hall–Kier alpha value is 0.200. The van der Waals surface area contributed by atoms with Crippen LogP contribution in [0.15, 0.2) is 23.3 Å². The second kappa shape index (κ2) is 6.95. The van der Waals surface area contributed by atoms with Gasteiger partial charge in [0.2, 0.25) is 0 Å². The molecule has 0 aliphatic heterocycles. The fraction of sp³-hybridized carbons (Fsp3) is 0.615. The zero-order valence-electron chi connectivity index (χ0n) is 10.9. The Balaban J connectivity index is 3.08. The van der Waals surface area contributed by atoms with Crippen molar-refractivity contribution in [3.63, 3.8) is 0 Å². The molecule has 0 aromatic carbocycles. The molecular weight excluding hydrogens is 268 g/mol. The first-order valence-corrected chi connectivity index (χ1v) is 9.70. The second-order valence-electron chi connectivity index (χ2n) is 4.25. The van der Waals surface area contributed by atoms with Crippen molar-refractivity contribution in [1.82, 2.24) is 0 Å². The van der Waals surface area contributed by atoms with Crippen LogP contribution < -0.4 is 0 Å². The predicted octanol–water partition coefficient (Wildman–Crippen LogP) is 3.52. The van der Waals surface area contributed by atoms with Crippen LogP contribution in [0.25, 0.3) is 0 Å². The predicted molar refractivity (Wildman–Crippen MR) is 84.4 cm³/mol. The number of Topliss-reactive ketones (excluding diaryl/α,β-unsaturated/α-hetero) is 1. The lowest BCUT2D eigenvalue weighted by Crippen LogP contribution is -2.40. The summed E-state index contributed by atoms with van der Waals surface area (Å²) in [5, 5.41) is 0. The summed E-state index contributed by atoms with van der Waals surface area (Å²) in [5.41, 5.74) is 1.93. The van der Waals surface area contributed by atoms with Gasteiger partial charge in [-0.15, -0.1) is 0 Å². The molecule has 0 fully saturated rings. The minimum atomic E-state index is -0.265. The van der Waals surface area contributed by atoms with Gasteiger partial charge in [-0.25, -0.2) is 0 Å². The van der Waals surface area contributed by atoms with Crippen LogP contribution in [0.3, 0.4) is 0 Å². The first kappa shape index (κ1) is 15.3. The highest BCUT2D eigenvalue weighted by molar-refractivity contribution is 7.99. The Morgan fingerprint density at radius 1 is 1.06 bits per heavy atom. The van der Waals surface area contributed by atoms with E-state index in [0.29, 0.717) is 5.78 Å². The first-order valence-electron chi connectivity index (χ1n) is 5.52. The van der Waals surface area contributed by atoms with Crippen molar-refractivity contribution in [2.75, 3.05) is 36.0 Å². The van der Waals surface area contributed by atoms with E-state index in [1.54, 1.807) is 35.3 Å². The van der Waals surface area contributed by atoms with Gasteiger partial charge in [-0.3, -0.25) is 4.79 Å². The molecule has 0 amide bonds. The number of hydrogen-bond donors (Lipinski definition) is 0. The molecule has 0 N–H and O–H groups in total. The normalized spacial score (nSPS) is 18.9. The van der Waals surface area contributed by atoms with Crippen molar-refractivity contribution in [3.05, 3.63) is 23.3 Å². The Morgan fingerprint density at radius 3 is 2.12 bits per heavy atom. The molecule has 4 heteroatoms. The van der Waals surface area contributed by atoms with Gasteiger partial charge in [0.05, 0.1) is 5.41 Å². The molecule has 0 atom stereocenters. The molecule has 0 spiro atoms. The number of allylic oxidation sites excluding steroid dienone is 3. The molecule has 96 valence electrons. The molecule has 1 aliphatic rings. The quantitative estimate of drug-likeness (QED) is 0.743. The average Bonchev–Trinajstić information content (AvgIpc) is 2.31. The van der Waals surface area contributed by atoms with E-state index in [9.17, 15) is 4.79 Å². The number of ketones is 1. The van der Waals surface area contributed by atoms with E-state index < -0.39 is 0 Å². The molecule has 17 heavy (non-hydrogen) atoms. The van der Waals surface area contributed by atoms with Crippen molar-refractivity contribution in [3.8, 4) is 0 Å². The van der Waals surface area contributed by atoms with Crippen molar-refractivity contribution in [2.24, 2.45) is 5.41 Å². The SMILES string of the molecule is CSCC1=CC=C(C)C(CSC)(CSC)C1=O. The van der Waals surface area contributed by atoms with Gasteiger partial charge in [0.15, 0.2) is 5.78 Å². The molecule has 1 aliphatic carbocycles. The van der Waals surface area contributed by atoms with Crippen molar-refractivity contribution in [2.45, 2.75) is 6.92 Å². The number of hydrogen-bond acceptors (Lipinski definition) is 4. The standard InChI is InChI=1S/C13H20OS3/c1-10-5-6-11(7-15-2)12(14)13(10,8-16-3)9-17-4/h5-6H,7-9H2,1-4H3. The van der Waals surface area contributed by atoms with Crippen LogP contribution in [-0.2, 0) is 4.79 Å². The lowest BCUT2D eigenvalue weighted by Gasteiger charge is -2.35. The van der Waals surface area contributed by atoms with E-state index in [4.69, 9.17) is 0 Å². The molecule has 0 saturated heterocycles. The number of rotatable bonds is 6. The van der Waals surface area contributed by atoms with E-state index in [0.717, 1.165) is 22.8 Å². The molecule has 0 saturated carbocycles. The summed E-state index contributed by atoms with van der Waals surface area (Å²) in [6.45, 7) is 2.09. The third-order valence-electron chi connectivity index (χ3n) is 3.10. The minimum absolute atomic E-state index is 0.265. The number of carbonyl (C=O) groups is 1. The summed E-state index contributed by atoms with van der Waals surface area (Å²) in [5.74, 6) is 2.95. The smallest absolute Gasteiger partial charge is 0.171 e. The molecule has 0 aromatic heterocycles. The van der Waals surface area contributed by atoms with Crippen molar-refractivity contribution in [1.29, 1.82) is 0 Å². The minimum Gasteiger partial charge on any atom is -0.293 e. The van der Waals surface area contributed by atoms with Crippen LogP contribution >= 0.6 is 35.3 Å². The lowest BCUT2D eigenvalue weighted by atomic mass is 9.75. The van der Waals surface area contributed by atoms with Crippen LogP contribution in [0, 0.1) is 5.41 Å². The Morgan fingerprint density at radius 2 is 1.65 bits per heavy atom. The van der Waals surface area contributed by atoms with Gasteiger partial charge in [-0.05, 0) is 25.7 Å². The Bertz CT molecular complexity index is 339. The Labute approximate surface area is 117 Å². The third-order valence-corrected chi connectivity index (χ3v) is 5.26. The monoisotopic (exact) mass is 288 g/mol. The highest BCUT2D eigenvalue weighted by Crippen LogP contribution is 2.40. The summed E-state index contributed by atoms with van der Waals surface area (Å²) in [4.78, 5) is 12.7. The zero-order chi connectivity index (χ0) is 12.9. The van der Waals surface area contributed by atoms with E-state index in [1.165, 1.54) is 5.57 Å². The maximum absolute atomic E-state index is 12.7. The summed E-state index contributed by atoms with van der Waals surface area (Å²) in [6, 6.07) is 0. The van der Waals surface area contributed by atoms with E-state index in [1.807, 2.05) is 12.3 Å². The molecular formula is C13H20OS3. The summed E-state index contributed by atoms with van der Waals surface area (Å²) >= 11 is 5.25. The van der Waals surface area contributed by atoms with Crippen LogP contribution in [0.4, 0.5) is 0 Å². The molecule has 0 radical (unpaired) electrons. The topological polar surface area (TPSA) is 17.1 Å². The molecule has 0 bridgehead atoms. The van der Waals surface area contributed by atoms with E-state index >= 15 is 0 Å². The van der Waals surface area contributed by atoms with Crippen LogP contribution in [0.5, 0.6) is 0 Å². The van der Waals surface area contributed by atoms with Gasteiger partial charge < -0.3 is 0 Å². The maximum Gasteiger partial charge on any atom is 0.171 e. The summed E-state index contributed by atoms with van der Waals surface area (Å²) in [7, 11) is 0. The highest BCUT2D eigenvalue weighted by Gasteiger charge is 2.41. The third kappa shape index (κ3) is 3.15. The summed E-state index contributed by atoms with van der Waals surface area (Å²) in [6.07, 6.45) is 10.3. The van der Waals surface area contributed by atoms with E-state index in [-0.39, 0.29) is 5.41 Å². The number of thioether (sulfide) groups is 3. The van der Waals surface area contributed by atoms with Gasteiger partial charge in [-0.1, -0.05) is 17.7 Å². The van der Waals surface area contributed by atoms with Crippen LogP contribution in [0.2, 0.25) is 0 Å². The van der Waals surface area contributed by atoms with Gasteiger partial charge >= 0.3 is 0 Å². The summed E-state index contributed by atoms with van der Waals surface area (Å²) < 4.78 is 0. The first-order chi connectivity index (χ1) is 8.12. The lowest BCUT2D eigenvalue weighted by molar-refractivity contribution is -0.121. The molecule has 0 unspecified atom stereocenters. The van der Waals surface area contributed by atoms with Crippen LogP contribution in [0.1, 0.15) is 6.92 Å². The molecule has 0 aromatic rings. The second-order valence-corrected chi connectivity index (χ2v) is 6.85. The van der Waals surface area contributed by atoms with Crippen molar-refractivity contribution < 1.29 is 4.79 Å². The van der Waals surface area contributed by atoms with Gasteiger partial charge in [0.25, 0.3) is 0 Å². The van der Waals surface area contributed by atoms with Gasteiger partial charge in [0.1, 0.15) is 0 Å². The molecule has 1 rings (SSSR count). The number of carbonyl (C=O) groups excluding carboxylic acids is 1. The Kier molecular flexibility index (Phi) is 6.24. The van der Waals surface area contributed by atoms with Crippen molar-refractivity contribution >= 4 is 41.1 Å². The van der Waals surface area contributed by atoms with Gasteiger partial charge in [-0.2, -0.15) is 35.3 Å².